The van der Waals surface area contributed by atoms with Crippen LogP contribution in [0.25, 0.3) is 22.6 Å². The molecule has 4 aromatic rings. The van der Waals surface area contributed by atoms with Gasteiger partial charge in [0.05, 0.1) is 17.3 Å². The van der Waals surface area contributed by atoms with Gasteiger partial charge in [0, 0.05) is 5.69 Å². The van der Waals surface area contributed by atoms with Crippen LogP contribution in [0.4, 0.5) is 5.69 Å². The zero-order chi connectivity index (χ0) is 17.9. The highest BCUT2D eigenvalue weighted by Crippen LogP contribution is 2.25. The van der Waals surface area contributed by atoms with Gasteiger partial charge in [0.1, 0.15) is 6.54 Å². The highest BCUT2D eigenvalue weighted by molar-refractivity contribution is 5.92. The average molecular weight is 345 g/mol. The number of aromatic nitrogens is 2. The van der Waals surface area contributed by atoms with E-state index in [4.69, 9.17) is 4.42 Å². The van der Waals surface area contributed by atoms with Crippen molar-refractivity contribution in [3.8, 4) is 11.6 Å². The Labute approximate surface area is 151 Å². The van der Waals surface area contributed by atoms with Gasteiger partial charge in [0.2, 0.25) is 5.91 Å². The second-order valence-electron chi connectivity index (χ2n) is 6.09. The number of anilines is 1. The lowest BCUT2D eigenvalue weighted by atomic mass is 10.1. The summed E-state index contributed by atoms with van der Waals surface area (Å²) in [5.74, 6) is 1.18. The summed E-state index contributed by atoms with van der Waals surface area (Å²) >= 11 is 0. The molecule has 0 atom stereocenters. The maximum absolute atomic E-state index is 12.6. The van der Waals surface area contributed by atoms with Crippen molar-refractivity contribution in [2.45, 2.75) is 19.9 Å². The smallest absolute Gasteiger partial charge is 0.244 e. The quantitative estimate of drug-likeness (QED) is 0.579. The van der Waals surface area contributed by atoms with Gasteiger partial charge in [0.15, 0.2) is 11.6 Å². The van der Waals surface area contributed by atoms with E-state index in [9.17, 15) is 4.79 Å². The monoisotopic (exact) mass is 345 g/mol. The van der Waals surface area contributed by atoms with Crippen LogP contribution < -0.4 is 5.32 Å². The van der Waals surface area contributed by atoms with E-state index < -0.39 is 0 Å². The lowest BCUT2D eigenvalue weighted by molar-refractivity contribution is -0.116. The number of rotatable bonds is 5. The van der Waals surface area contributed by atoms with Crippen LogP contribution in [-0.2, 0) is 17.8 Å². The molecule has 4 rings (SSSR count). The fourth-order valence-electron chi connectivity index (χ4n) is 3.00. The van der Waals surface area contributed by atoms with E-state index in [2.05, 4.69) is 17.2 Å². The predicted octanol–water partition coefficient (Wildman–Crippen LogP) is 4.50. The van der Waals surface area contributed by atoms with Crippen LogP contribution in [0.5, 0.6) is 0 Å². The van der Waals surface area contributed by atoms with Crippen LogP contribution in [0.1, 0.15) is 12.5 Å². The minimum Gasteiger partial charge on any atom is -0.461 e. The summed E-state index contributed by atoms with van der Waals surface area (Å²) in [5.41, 5.74) is 3.76. The largest absolute Gasteiger partial charge is 0.461 e. The second kappa shape index (κ2) is 6.88. The summed E-state index contributed by atoms with van der Waals surface area (Å²) in [5, 5.41) is 2.95. The Kier molecular flexibility index (Phi) is 4.27. The molecule has 0 saturated carbocycles. The molecule has 0 unspecified atom stereocenters. The van der Waals surface area contributed by atoms with Crippen molar-refractivity contribution in [2.75, 3.05) is 5.32 Å². The van der Waals surface area contributed by atoms with Gasteiger partial charge in [-0.25, -0.2) is 4.98 Å². The van der Waals surface area contributed by atoms with Crippen molar-refractivity contribution < 1.29 is 9.21 Å². The van der Waals surface area contributed by atoms with Crippen LogP contribution in [0.15, 0.2) is 71.3 Å². The first-order chi connectivity index (χ1) is 12.7. The summed E-state index contributed by atoms with van der Waals surface area (Å²) in [6.45, 7) is 2.26. The molecule has 5 nitrogen and oxygen atoms in total. The van der Waals surface area contributed by atoms with Gasteiger partial charge in [-0.15, -0.1) is 0 Å². The standard InChI is InChI=1S/C21H19N3O2/c1-2-15-9-11-16(12-10-15)22-20(25)14-24-18-7-4-3-6-17(18)23-21(24)19-8-5-13-26-19/h3-13H,2,14H2,1H3,(H,22,25). The van der Waals surface area contributed by atoms with Gasteiger partial charge in [-0.3, -0.25) is 4.79 Å². The number of fused-ring (bicyclic) bond motifs is 1. The molecule has 1 amide bonds. The molecule has 0 bridgehead atoms. The molecule has 130 valence electrons. The number of carbonyl (C=O) groups excluding carboxylic acids is 1. The number of nitrogens with zero attached hydrogens (tertiary/aromatic N) is 2. The van der Waals surface area contributed by atoms with E-state index >= 15 is 0 Å². The number of furan rings is 1. The SMILES string of the molecule is CCc1ccc(NC(=O)Cn2c(-c3ccco3)nc3ccccc32)cc1. The van der Waals surface area contributed by atoms with Gasteiger partial charge in [-0.05, 0) is 48.4 Å². The molecule has 0 aliphatic rings. The molecule has 26 heavy (non-hydrogen) atoms. The molecule has 0 aliphatic carbocycles. The van der Waals surface area contributed by atoms with E-state index in [1.54, 1.807) is 6.26 Å². The normalized spacial score (nSPS) is 11.0. The summed E-state index contributed by atoms with van der Waals surface area (Å²) in [7, 11) is 0. The van der Waals surface area contributed by atoms with E-state index in [-0.39, 0.29) is 12.5 Å². The number of amides is 1. The summed E-state index contributed by atoms with van der Waals surface area (Å²) in [6, 6.07) is 19.3. The molecule has 2 aromatic carbocycles. The van der Waals surface area contributed by atoms with Crippen molar-refractivity contribution in [3.63, 3.8) is 0 Å². The number of hydrogen-bond acceptors (Lipinski definition) is 3. The van der Waals surface area contributed by atoms with Crippen LogP contribution in [0.2, 0.25) is 0 Å². The second-order valence-corrected chi connectivity index (χ2v) is 6.09. The Bertz CT molecular complexity index is 1030. The van der Waals surface area contributed by atoms with Gasteiger partial charge in [0.25, 0.3) is 0 Å². The molecule has 0 spiro atoms. The molecule has 0 radical (unpaired) electrons. The highest BCUT2D eigenvalue weighted by atomic mass is 16.3. The van der Waals surface area contributed by atoms with Gasteiger partial charge < -0.3 is 14.3 Å². The fourth-order valence-corrected chi connectivity index (χ4v) is 3.00. The molecule has 1 N–H and O–H groups in total. The van der Waals surface area contributed by atoms with E-state index in [1.807, 2.05) is 65.2 Å². The zero-order valence-electron chi connectivity index (χ0n) is 14.5. The number of benzene rings is 2. The van der Waals surface area contributed by atoms with E-state index in [1.165, 1.54) is 5.56 Å². The molecular weight excluding hydrogens is 326 g/mol. The lowest BCUT2D eigenvalue weighted by Crippen LogP contribution is -2.19. The zero-order valence-corrected chi connectivity index (χ0v) is 14.5. The van der Waals surface area contributed by atoms with Crippen molar-refractivity contribution >= 4 is 22.6 Å². The van der Waals surface area contributed by atoms with E-state index in [0.717, 1.165) is 23.1 Å². The van der Waals surface area contributed by atoms with Crippen LogP contribution in [0, 0.1) is 0 Å². The summed E-state index contributed by atoms with van der Waals surface area (Å²) < 4.78 is 7.38. The number of aryl methyl sites for hydroxylation is 1. The lowest BCUT2D eigenvalue weighted by Gasteiger charge is -2.09. The number of nitrogens with one attached hydrogen (secondary N) is 1. The minimum atomic E-state index is -0.106. The third-order valence-electron chi connectivity index (χ3n) is 4.34. The van der Waals surface area contributed by atoms with Crippen molar-refractivity contribution in [1.29, 1.82) is 0 Å². The Morgan fingerprint density at radius 1 is 1.08 bits per heavy atom. The topological polar surface area (TPSA) is 60.1 Å². The van der Waals surface area contributed by atoms with E-state index in [0.29, 0.717) is 11.6 Å². The molecular formula is C21H19N3O2. The average Bonchev–Trinajstić information content (AvgIpc) is 3.31. The molecule has 5 heteroatoms. The van der Waals surface area contributed by atoms with Crippen molar-refractivity contribution in [2.24, 2.45) is 0 Å². The summed E-state index contributed by atoms with van der Waals surface area (Å²) in [4.78, 5) is 17.2. The van der Waals surface area contributed by atoms with Crippen LogP contribution in [0.3, 0.4) is 0 Å². The maximum atomic E-state index is 12.6. The predicted molar refractivity (Wildman–Crippen MR) is 102 cm³/mol. The maximum Gasteiger partial charge on any atom is 0.244 e. The van der Waals surface area contributed by atoms with Crippen molar-refractivity contribution in [3.05, 3.63) is 72.5 Å². The minimum absolute atomic E-state index is 0.106. The fraction of sp³-hybridized carbons (Fsp3) is 0.143. The Balaban J connectivity index is 1.63. The van der Waals surface area contributed by atoms with Gasteiger partial charge in [-0.2, -0.15) is 0 Å². The van der Waals surface area contributed by atoms with Gasteiger partial charge in [-0.1, -0.05) is 31.2 Å². The molecule has 2 heterocycles. The Morgan fingerprint density at radius 3 is 2.62 bits per heavy atom. The first kappa shape index (κ1) is 16.1. The Morgan fingerprint density at radius 2 is 1.88 bits per heavy atom. The molecule has 0 aliphatic heterocycles. The first-order valence-electron chi connectivity index (χ1n) is 8.62. The third kappa shape index (κ3) is 3.11. The molecule has 0 fully saturated rings. The molecule has 2 aromatic heterocycles. The van der Waals surface area contributed by atoms with Crippen LogP contribution >= 0.6 is 0 Å². The van der Waals surface area contributed by atoms with Crippen molar-refractivity contribution in [1.82, 2.24) is 9.55 Å². The molecule has 0 saturated heterocycles. The summed E-state index contributed by atoms with van der Waals surface area (Å²) in [6.07, 6.45) is 2.58. The number of para-hydroxylation sites is 2. The highest BCUT2D eigenvalue weighted by Gasteiger charge is 2.16. The third-order valence-corrected chi connectivity index (χ3v) is 4.34. The number of carbonyl (C=O) groups is 1. The Hall–Kier alpha value is -3.34. The van der Waals surface area contributed by atoms with Gasteiger partial charge >= 0.3 is 0 Å². The first-order valence-corrected chi connectivity index (χ1v) is 8.62. The van der Waals surface area contributed by atoms with Crippen LogP contribution in [-0.4, -0.2) is 15.5 Å². The number of imidazole rings is 1. The number of hydrogen-bond donors (Lipinski definition) is 1.